The Morgan fingerprint density at radius 3 is 3.00 bits per heavy atom. The van der Waals surface area contributed by atoms with Crippen molar-refractivity contribution < 1.29 is 4.74 Å². The number of hydrogen-bond acceptors (Lipinski definition) is 3. The summed E-state index contributed by atoms with van der Waals surface area (Å²) >= 11 is 10.9. The summed E-state index contributed by atoms with van der Waals surface area (Å²) < 4.78 is 7.69. The molecule has 0 aliphatic rings. The molecule has 2 aromatic rings. The van der Waals surface area contributed by atoms with Crippen molar-refractivity contribution in [2.45, 2.75) is 13.0 Å². The number of thiocarbonyl (C=S) groups is 1. The van der Waals surface area contributed by atoms with Crippen LogP contribution in [0.25, 0.3) is 0 Å². The third kappa shape index (κ3) is 3.94. The average molecular weight is 296 g/mol. The first-order valence-electron chi connectivity index (χ1n) is 5.84. The maximum atomic E-state index is 5.94. The molecule has 1 aromatic carbocycles. The van der Waals surface area contributed by atoms with Crippen molar-refractivity contribution >= 4 is 28.8 Å². The second kappa shape index (κ2) is 6.54. The average Bonchev–Trinajstić information content (AvgIpc) is 2.87. The Hall–Kier alpha value is -1.59. The summed E-state index contributed by atoms with van der Waals surface area (Å²) in [5.74, 6) is 0.630. The Morgan fingerprint density at radius 2 is 2.32 bits per heavy atom. The standard InChI is InChI=1S/C13H14ClN3OS/c14-10-2-3-11(13(15)19)12(8-10)18-7-1-5-17-6-4-16-9-17/h2-4,6,8-9H,1,5,7H2,(H2,15,19). The fraction of sp³-hybridized carbons (Fsp3) is 0.231. The van der Waals surface area contributed by atoms with Gasteiger partial charge in [-0.15, -0.1) is 0 Å². The van der Waals surface area contributed by atoms with Gasteiger partial charge in [0.25, 0.3) is 0 Å². The van der Waals surface area contributed by atoms with Crippen LogP contribution in [0.2, 0.25) is 5.02 Å². The number of imidazole rings is 1. The van der Waals surface area contributed by atoms with Crippen molar-refractivity contribution in [1.82, 2.24) is 9.55 Å². The third-order valence-electron chi connectivity index (χ3n) is 2.59. The zero-order valence-electron chi connectivity index (χ0n) is 10.3. The van der Waals surface area contributed by atoms with E-state index < -0.39 is 0 Å². The fourth-order valence-corrected chi connectivity index (χ4v) is 2.00. The van der Waals surface area contributed by atoms with E-state index in [0.29, 0.717) is 27.9 Å². The Kier molecular flexibility index (Phi) is 4.76. The Labute approximate surface area is 122 Å². The van der Waals surface area contributed by atoms with Crippen LogP contribution in [0.3, 0.4) is 0 Å². The quantitative estimate of drug-likeness (QED) is 0.657. The molecule has 0 spiro atoms. The van der Waals surface area contributed by atoms with Crippen molar-refractivity contribution in [2.24, 2.45) is 5.73 Å². The zero-order chi connectivity index (χ0) is 13.7. The van der Waals surface area contributed by atoms with Crippen LogP contribution in [-0.4, -0.2) is 21.1 Å². The minimum atomic E-state index is 0.307. The maximum Gasteiger partial charge on any atom is 0.130 e. The third-order valence-corrected chi connectivity index (χ3v) is 3.04. The number of benzene rings is 1. The van der Waals surface area contributed by atoms with Gasteiger partial charge >= 0.3 is 0 Å². The van der Waals surface area contributed by atoms with Gasteiger partial charge in [-0.3, -0.25) is 0 Å². The van der Waals surface area contributed by atoms with E-state index in [1.807, 2.05) is 10.8 Å². The highest BCUT2D eigenvalue weighted by atomic mass is 35.5. The molecule has 1 heterocycles. The first-order chi connectivity index (χ1) is 9.16. The Bertz CT molecular complexity index is 557. The van der Waals surface area contributed by atoms with Gasteiger partial charge in [-0.05, 0) is 24.6 Å². The number of aromatic nitrogens is 2. The normalized spacial score (nSPS) is 10.4. The molecule has 0 radical (unpaired) electrons. The maximum absolute atomic E-state index is 5.94. The molecule has 2 rings (SSSR count). The highest BCUT2D eigenvalue weighted by Gasteiger charge is 2.07. The van der Waals surface area contributed by atoms with Gasteiger partial charge in [-0.1, -0.05) is 23.8 Å². The number of hydrogen-bond donors (Lipinski definition) is 1. The first kappa shape index (κ1) is 13.8. The Morgan fingerprint density at radius 1 is 1.47 bits per heavy atom. The van der Waals surface area contributed by atoms with Gasteiger partial charge in [0.15, 0.2) is 0 Å². The molecule has 0 bridgehead atoms. The van der Waals surface area contributed by atoms with Crippen LogP contribution >= 0.6 is 23.8 Å². The van der Waals surface area contributed by atoms with Crippen molar-refractivity contribution in [3.8, 4) is 5.75 Å². The molecule has 4 nitrogen and oxygen atoms in total. The molecular weight excluding hydrogens is 282 g/mol. The van der Waals surface area contributed by atoms with Crippen LogP contribution in [0.5, 0.6) is 5.75 Å². The van der Waals surface area contributed by atoms with Crippen molar-refractivity contribution in [2.75, 3.05) is 6.61 Å². The van der Waals surface area contributed by atoms with E-state index in [4.69, 9.17) is 34.3 Å². The lowest BCUT2D eigenvalue weighted by Gasteiger charge is -2.11. The molecule has 2 N–H and O–H groups in total. The molecular formula is C13H14ClN3OS. The molecule has 0 fully saturated rings. The van der Waals surface area contributed by atoms with E-state index in [1.165, 1.54) is 0 Å². The number of halogens is 1. The topological polar surface area (TPSA) is 53.1 Å². The highest BCUT2D eigenvalue weighted by molar-refractivity contribution is 7.80. The lowest BCUT2D eigenvalue weighted by Crippen LogP contribution is -2.12. The van der Waals surface area contributed by atoms with Gasteiger partial charge in [0.05, 0.1) is 18.5 Å². The van der Waals surface area contributed by atoms with Gasteiger partial charge in [-0.25, -0.2) is 4.98 Å². The molecule has 0 aliphatic carbocycles. The molecule has 6 heteroatoms. The predicted molar refractivity (Wildman–Crippen MR) is 79.7 cm³/mol. The van der Waals surface area contributed by atoms with Crippen LogP contribution in [0, 0.1) is 0 Å². The first-order valence-corrected chi connectivity index (χ1v) is 6.63. The number of nitrogens with two attached hydrogens (primary N) is 1. The summed E-state index contributed by atoms with van der Waals surface area (Å²) in [5.41, 5.74) is 6.35. The van der Waals surface area contributed by atoms with Gasteiger partial charge in [-0.2, -0.15) is 0 Å². The lowest BCUT2D eigenvalue weighted by molar-refractivity contribution is 0.301. The molecule has 0 aliphatic heterocycles. The van der Waals surface area contributed by atoms with Gasteiger partial charge in [0.2, 0.25) is 0 Å². The zero-order valence-corrected chi connectivity index (χ0v) is 11.8. The highest BCUT2D eigenvalue weighted by Crippen LogP contribution is 2.23. The molecule has 0 amide bonds. The van der Waals surface area contributed by atoms with Crippen LogP contribution in [-0.2, 0) is 6.54 Å². The molecule has 19 heavy (non-hydrogen) atoms. The van der Waals surface area contributed by atoms with Gasteiger partial charge in [0, 0.05) is 24.0 Å². The molecule has 0 saturated heterocycles. The van der Waals surface area contributed by atoms with Crippen molar-refractivity contribution in [1.29, 1.82) is 0 Å². The second-order valence-corrected chi connectivity index (χ2v) is 4.88. The van der Waals surface area contributed by atoms with E-state index in [9.17, 15) is 0 Å². The minimum Gasteiger partial charge on any atom is -0.493 e. The summed E-state index contributed by atoms with van der Waals surface area (Å²) in [7, 11) is 0. The second-order valence-electron chi connectivity index (χ2n) is 4.01. The van der Waals surface area contributed by atoms with Crippen molar-refractivity contribution in [3.63, 3.8) is 0 Å². The number of nitrogens with zero attached hydrogens (tertiary/aromatic N) is 2. The minimum absolute atomic E-state index is 0.307. The van der Waals surface area contributed by atoms with Gasteiger partial charge in [0.1, 0.15) is 10.7 Å². The molecule has 0 unspecified atom stereocenters. The summed E-state index contributed by atoms with van der Waals surface area (Å²) in [6.07, 6.45) is 6.31. The van der Waals surface area contributed by atoms with E-state index in [0.717, 1.165) is 13.0 Å². The summed E-state index contributed by atoms with van der Waals surface area (Å²) in [6.45, 7) is 1.41. The SMILES string of the molecule is NC(=S)c1ccc(Cl)cc1OCCCn1ccnc1. The van der Waals surface area contributed by atoms with E-state index in [-0.39, 0.29) is 0 Å². The van der Waals surface area contributed by atoms with Gasteiger partial charge < -0.3 is 15.0 Å². The number of rotatable bonds is 6. The van der Waals surface area contributed by atoms with Crippen LogP contribution < -0.4 is 10.5 Å². The molecule has 1 aromatic heterocycles. The Balaban J connectivity index is 1.91. The van der Waals surface area contributed by atoms with Crippen molar-refractivity contribution in [3.05, 3.63) is 47.5 Å². The predicted octanol–water partition coefficient (Wildman–Crippen LogP) is 2.64. The molecule has 0 atom stereocenters. The van der Waals surface area contributed by atoms with Crippen LogP contribution in [0.15, 0.2) is 36.9 Å². The smallest absolute Gasteiger partial charge is 0.130 e. The number of aryl methyl sites for hydroxylation is 1. The summed E-state index contributed by atoms with van der Waals surface area (Å²) in [6, 6.07) is 5.25. The van der Waals surface area contributed by atoms with Crippen LogP contribution in [0.4, 0.5) is 0 Å². The molecule has 100 valence electrons. The van der Waals surface area contributed by atoms with Crippen LogP contribution in [0.1, 0.15) is 12.0 Å². The number of ether oxygens (including phenoxy) is 1. The van der Waals surface area contributed by atoms with E-state index >= 15 is 0 Å². The lowest BCUT2D eigenvalue weighted by atomic mass is 10.2. The largest absolute Gasteiger partial charge is 0.493 e. The van der Waals surface area contributed by atoms with E-state index in [1.54, 1.807) is 30.7 Å². The summed E-state index contributed by atoms with van der Waals surface area (Å²) in [5, 5.41) is 0.601. The fourth-order valence-electron chi connectivity index (χ4n) is 1.67. The van der Waals surface area contributed by atoms with E-state index in [2.05, 4.69) is 4.98 Å². The monoisotopic (exact) mass is 295 g/mol. The summed E-state index contributed by atoms with van der Waals surface area (Å²) in [4.78, 5) is 4.29. The molecule has 0 saturated carbocycles.